The van der Waals surface area contributed by atoms with Gasteiger partial charge in [0.1, 0.15) is 0 Å². The number of likely N-dealkylation sites (N-methyl/N-ethyl adjacent to an activating group) is 1. The summed E-state index contributed by atoms with van der Waals surface area (Å²) in [5, 5.41) is 5.60. The first-order chi connectivity index (χ1) is 16.9. The van der Waals surface area contributed by atoms with Gasteiger partial charge in [0.15, 0.2) is 0 Å². The molecule has 0 bridgehead atoms. The van der Waals surface area contributed by atoms with Gasteiger partial charge in [0.25, 0.3) is 0 Å². The van der Waals surface area contributed by atoms with Crippen LogP contribution in [0.5, 0.6) is 0 Å². The number of nitrogens with one attached hydrogen (secondary N) is 2. The molecule has 0 saturated carbocycles. The van der Waals surface area contributed by atoms with Gasteiger partial charge in [-0.05, 0) is 6.92 Å². The van der Waals surface area contributed by atoms with Crippen LogP contribution in [0.3, 0.4) is 0 Å². The second-order valence-electron chi connectivity index (χ2n) is 7.97. The standard InChI is InChI=1S/C24H25FN7OS.W/c1-4-27-23(33)30-24-29-21-20(25)17(13-18(22(21)34-24)19-7-5-6-8-28-19)16(2)14-26-15-32-11-9-31(3)10-12-32;/h2,5-8,13-14H,4,9-12H2,1,3H3,(H2,27,29,30,33);/q-1;/b26-14-;. The van der Waals surface area contributed by atoms with E-state index in [9.17, 15) is 4.79 Å². The predicted molar refractivity (Wildman–Crippen MR) is 136 cm³/mol. The number of benzene rings is 1. The molecule has 0 aliphatic carbocycles. The Labute approximate surface area is 218 Å². The molecule has 3 aromatic rings. The molecule has 0 unspecified atom stereocenters. The first kappa shape index (κ1) is 25.4. The zero-order valence-electron chi connectivity index (χ0n) is 19.4. The Morgan fingerprint density at radius 2 is 2.11 bits per heavy atom. The van der Waals surface area contributed by atoms with Gasteiger partial charge in [0, 0.05) is 6.54 Å². The van der Waals surface area contributed by atoms with Crippen molar-refractivity contribution in [3.05, 3.63) is 48.4 Å². The van der Waals surface area contributed by atoms with Crippen LogP contribution in [0.15, 0.2) is 35.5 Å². The van der Waals surface area contributed by atoms with Gasteiger partial charge in [0.2, 0.25) is 0 Å². The van der Waals surface area contributed by atoms with E-state index in [4.69, 9.17) is 6.58 Å². The molecule has 0 spiro atoms. The number of pyridine rings is 1. The second-order valence-corrected chi connectivity index (χ2v) is 10.3. The molecule has 2 amide bonds. The number of piperazine rings is 1. The van der Waals surface area contributed by atoms with E-state index in [1.807, 2.05) is 25.1 Å². The molecule has 0 radical (unpaired) electrons. The maximum absolute atomic E-state index is 15.7. The summed E-state index contributed by atoms with van der Waals surface area (Å²) in [5.41, 5.74) is 1.85. The van der Waals surface area contributed by atoms with Crippen LogP contribution in [-0.4, -0.2) is 75.9 Å². The molecule has 2 aromatic heterocycles. The van der Waals surface area contributed by atoms with Crippen molar-refractivity contribution < 1.29 is 28.5 Å². The molecule has 2 N–H and O–H groups in total. The molecule has 1 aliphatic heterocycles. The molecule has 182 valence electrons. The number of rotatable bonds is 7. The number of aliphatic imine (C=N–C) groups is 1. The molecule has 1 saturated heterocycles. The monoisotopic (exact) mass is 662 g/mol. The average molecular weight is 662 g/mol. The van der Waals surface area contributed by atoms with Crippen molar-refractivity contribution in [3.8, 4) is 11.3 Å². The van der Waals surface area contributed by atoms with Crippen molar-refractivity contribution in [2.24, 2.45) is 4.99 Å². The molecule has 0 atom stereocenters. The van der Waals surface area contributed by atoms with E-state index in [1.54, 1.807) is 12.3 Å². The SMILES string of the molecule is [CH-]=C(/C=N\[C](=[W])N1CCN(C)CC1)c1cc(-c2ccccn2)c2sc(NC(=O)NCC)nc2c1F. The first-order valence-electron chi connectivity index (χ1n) is 11.1. The zero-order valence-corrected chi connectivity index (χ0v) is 23.2. The van der Waals surface area contributed by atoms with Crippen molar-refractivity contribution >= 4 is 48.6 Å². The molecular weight excluding hydrogens is 637 g/mol. The summed E-state index contributed by atoms with van der Waals surface area (Å²) >= 11 is 2.41. The van der Waals surface area contributed by atoms with Crippen LogP contribution in [0.2, 0.25) is 0 Å². The Morgan fingerprint density at radius 1 is 1.34 bits per heavy atom. The van der Waals surface area contributed by atoms with Crippen LogP contribution < -0.4 is 10.6 Å². The van der Waals surface area contributed by atoms with Crippen LogP contribution in [0.1, 0.15) is 12.5 Å². The predicted octanol–water partition coefficient (Wildman–Crippen LogP) is 3.41. The first-order valence-corrected chi connectivity index (χ1v) is 13.4. The number of hydrogen-bond acceptors (Lipinski definition) is 7. The number of carbonyl (C=O) groups excluding carboxylic acids is 1. The van der Waals surface area contributed by atoms with Gasteiger partial charge in [-0.15, -0.1) is 0 Å². The number of carbonyl (C=O) groups is 1. The average Bonchev–Trinajstić information content (AvgIpc) is 3.27. The molecule has 8 nitrogen and oxygen atoms in total. The van der Waals surface area contributed by atoms with E-state index in [2.05, 4.69) is 42.4 Å². The summed E-state index contributed by atoms with van der Waals surface area (Å²) in [6, 6.07) is 6.78. The van der Waals surface area contributed by atoms with Gasteiger partial charge < -0.3 is 0 Å². The molecule has 3 heterocycles. The van der Waals surface area contributed by atoms with Gasteiger partial charge in [-0.3, -0.25) is 0 Å². The summed E-state index contributed by atoms with van der Waals surface area (Å²) in [4.78, 5) is 29.8. The number of thiazole rings is 1. The van der Waals surface area contributed by atoms with Gasteiger partial charge in [0.05, 0.1) is 0 Å². The Hall–Kier alpha value is -2.65. The molecular formula is C24H25FN7OSW-. The third kappa shape index (κ3) is 5.95. The Morgan fingerprint density at radius 3 is 2.80 bits per heavy atom. The maximum atomic E-state index is 15.7. The Bertz CT molecular complexity index is 1290. The molecule has 11 heteroatoms. The van der Waals surface area contributed by atoms with Gasteiger partial charge in [-0.1, -0.05) is 0 Å². The number of fused-ring (bicyclic) bond motifs is 1. The zero-order chi connectivity index (χ0) is 24.9. The van der Waals surface area contributed by atoms with E-state index >= 15 is 4.39 Å². The van der Waals surface area contributed by atoms with Crippen molar-refractivity contribution in [1.29, 1.82) is 0 Å². The Balaban J connectivity index is 1.69. The normalized spacial score (nSPS) is 14.9. The summed E-state index contributed by atoms with van der Waals surface area (Å²) < 4.78 is 17.1. The molecule has 1 aliphatic rings. The van der Waals surface area contributed by atoms with Gasteiger partial charge >= 0.3 is 205 Å². The third-order valence-electron chi connectivity index (χ3n) is 5.50. The number of nitrogens with zero attached hydrogens (tertiary/aromatic N) is 5. The van der Waals surface area contributed by atoms with E-state index < -0.39 is 11.8 Å². The quantitative estimate of drug-likeness (QED) is 0.300. The fourth-order valence-corrected chi connectivity index (χ4v) is 5.43. The van der Waals surface area contributed by atoms with Crippen molar-refractivity contribution in [3.63, 3.8) is 0 Å². The number of allylic oxidation sites excluding steroid dienone is 1. The van der Waals surface area contributed by atoms with Crippen LogP contribution in [0.4, 0.5) is 14.3 Å². The topological polar surface area (TPSA) is 85.8 Å². The van der Waals surface area contributed by atoms with E-state index in [-0.39, 0.29) is 21.8 Å². The number of anilines is 1. The van der Waals surface area contributed by atoms with Crippen LogP contribution in [0.25, 0.3) is 27.0 Å². The summed E-state index contributed by atoms with van der Waals surface area (Å²) in [5.74, 6) is -0.562. The summed E-state index contributed by atoms with van der Waals surface area (Å²) in [7, 11) is 2.10. The van der Waals surface area contributed by atoms with Crippen LogP contribution in [-0.2, 0) is 19.4 Å². The minimum absolute atomic E-state index is 0.127. The van der Waals surface area contributed by atoms with E-state index in [1.165, 1.54) is 36.9 Å². The fourth-order valence-electron chi connectivity index (χ4n) is 3.60. The number of urea groups is 1. The molecule has 1 fully saturated rings. The number of halogens is 1. The summed E-state index contributed by atoms with van der Waals surface area (Å²) in [6.07, 6.45) is 3.18. The van der Waals surface area contributed by atoms with Gasteiger partial charge in [-0.2, -0.15) is 0 Å². The minimum atomic E-state index is -0.562. The van der Waals surface area contributed by atoms with Gasteiger partial charge in [-0.25, -0.2) is 0 Å². The molecule has 35 heavy (non-hydrogen) atoms. The van der Waals surface area contributed by atoms with E-state index in [0.717, 1.165) is 30.3 Å². The fraction of sp³-hybridized carbons (Fsp3) is 0.292. The number of amides is 2. The van der Waals surface area contributed by atoms with E-state index in [0.29, 0.717) is 22.5 Å². The molecule has 1 aromatic carbocycles. The number of hydrogen-bond donors (Lipinski definition) is 2. The van der Waals surface area contributed by atoms with Crippen LogP contribution in [0, 0.1) is 12.4 Å². The van der Waals surface area contributed by atoms with Crippen molar-refractivity contribution in [2.75, 3.05) is 45.1 Å². The number of aromatic nitrogens is 2. The third-order valence-corrected chi connectivity index (χ3v) is 7.81. The molecule has 4 rings (SSSR count). The summed E-state index contributed by atoms with van der Waals surface area (Å²) in [6.45, 7) is 12.4. The Kier molecular flexibility index (Phi) is 8.28. The van der Waals surface area contributed by atoms with Crippen LogP contribution >= 0.6 is 11.3 Å². The van der Waals surface area contributed by atoms with Crippen molar-refractivity contribution in [1.82, 2.24) is 25.1 Å². The second kappa shape index (κ2) is 11.4. The van der Waals surface area contributed by atoms with Crippen molar-refractivity contribution in [2.45, 2.75) is 6.92 Å².